The Hall–Kier alpha value is -3.43. The molecule has 0 fully saturated rings. The second-order valence-electron chi connectivity index (χ2n) is 6.74. The van der Waals surface area contributed by atoms with Crippen LogP contribution in [0.1, 0.15) is 21.7 Å². The fourth-order valence-corrected chi connectivity index (χ4v) is 4.16. The summed E-state index contributed by atoms with van der Waals surface area (Å²) in [5.74, 6) is 0.470. The summed E-state index contributed by atoms with van der Waals surface area (Å²) in [5.41, 5.74) is 5.06. The normalized spacial score (nSPS) is 13.9. The highest BCUT2D eigenvalue weighted by Crippen LogP contribution is 2.32. The van der Waals surface area contributed by atoms with Crippen molar-refractivity contribution in [2.24, 2.45) is 0 Å². The van der Waals surface area contributed by atoms with Crippen LogP contribution in [0.5, 0.6) is 0 Å². The molecule has 3 aromatic rings. The zero-order valence-corrected chi connectivity index (χ0v) is 16.1. The monoisotopic (exact) mass is 386 g/mol. The van der Waals surface area contributed by atoms with E-state index in [1.54, 1.807) is 12.1 Å². The number of nitrogens with zero attached hydrogens (tertiary/aromatic N) is 3. The van der Waals surface area contributed by atoms with Gasteiger partial charge < -0.3 is 10.0 Å². The number of nitriles is 1. The van der Waals surface area contributed by atoms with Crippen LogP contribution < -0.4 is 0 Å². The van der Waals surface area contributed by atoms with Crippen LogP contribution in [0.4, 0.5) is 0 Å². The van der Waals surface area contributed by atoms with Gasteiger partial charge in [0.15, 0.2) is 0 Å². The molecule has 0 atom stereocenters. The van der Waals surface area contributed by atoms with Gasteiger partial charge in [-0.15, -0.1) is 11.3 Å². The van der Waals surface area contributed by atoms with Crippen molar-refractivity contribution in [1.29, 1.82) is 10.7 Å². The Balaban J connectivity index is 1.56. The standard InChI is InChI=1S/C22H18N4OS/c1-14-3-2-4-16(9-14)11-26-12-19(27)20(21(26)24)22-25-18(13-28-22)17-7-5-15(10-23)6-8-17/h2-9,13,24,27H,11-12H2,1H3. The zero-order valence-electron chi connectivity index (χ0n) is 15.3. The van der Waals surface area contributed by atoms with Crippen LogP contribution in [0.3, 0.4) is 0 Å². The van der Waals surface area contributed by atoms with Gasteiger partial charge in [-0.3, -0.25) is 5.41 Å². The molecular formula is C22H18N4OS. The smallest absolute Gasteiger partial charge is 0.135 e. The molecule has 138 valence electrons. The Morgan fingerprint density at radius 3 is 2.75 bits per heavy atom. The van der Waals surface area contributed by atoms with E-state index in [9.17, 15) is 5.11 Å². The molecule has 1 aliphatic rings. The number of hydrogen-bond donors (Lipinski definition) is 2. The lowest BCUT2D eigenvalue weighted by molar-refractivity contribution is 0.347. The molecule has 0 aliphatic carbocycles. The summed E-state index contributed by atoms with van der Waals surface area (Å²) in [5, 5.41) is 30.5. The van der Waals surface area contributed by atoms with Crippen molar-refractivity contribution in [3.8, 4) is 17.3 Å². The Labute approximate surface area is 167 Å². The fourth-order valence-electron chi connectivity index (χ4n) is 3.26. The largest absolute Gasteiger partial charge is 0.510 e. The van der Waals surface area contributed by atoms with E-state index in [-0.39, 0.29) is 5.76 Å². The summed E-state index contributed by atoms with van der Waals surface area (Å²) in [6.45, 7) is 2.93. The molecule has 1 aliphatic heterocycles. The van der Waals surface area contributed by atoms with Gasteiger partial charge in [0.05, 0.1) is 29.4 Å². The lowest BCUT2D eigenvalue weighted by Gasteiger charge is -2.18. The lowest BCUT2D eigenvalue weighted by Crippen LogP contribution is -2.26. The summed E-state index contributed by atoms with van der Waals surface area (Å²) >= 11 is 1.41. The minimum atomic E-state index is 0.179. The van der Waals surface area contributed by atoms with E-state index in [4.69, 9.17) is 10.7 Å². The Kier molecular flexibility index (Phi) is 4.68. The van der Waals surface area contributed by atoms with Gasteiger partial charge in [0.2, 0.25) is 0 Å². The molecule has 2 N–H and O–H groups in total. The van der Waals surface area contributed by atoms with Crippen LogP contribution in [0.2, 0.25) is 0 Å². The van der Waals surface area contributed by atoms with Gasteiger partial charge in [-0.25, -0.2) is 4.98 Å². The summed E-state index contributed by atoms with van der Waals surface area (Å²) in [6, 6.07) is 17.5. The molecule has 0 unspecified atom stereocenters. The van der Waals surface area contributed by atoms with Crippen molar-refractivity contribution in [1.82, 2.24) is 9.88 Å². The molecular weight excluding hydrogens is 368 g/mol. The topological polar surface area (TPSA) is 84.0 Å². The van der Waals surface area contributed by atoms with Crippen molar-refractivity contribution in [2.75, 3.05) is 6.54 Å². The molecule has 0 spiro atoms. The molecule has 28 heavy (non-hydrogen) atoms. The van der Waals surface area contributed by atoms with Crippen LogP contribution in [0.25, 0.3) is 16.8 Å². The van der Waals surface area contributed by atoms with Crippen molar-refractivity contribution in [3.05, 3.63) is 81.4 Å². The molecule has 0 radical (unpaired) electrons. The summed E-state index contributed by atoms with van der Waals surface area (Å²) in [4.78, 5) is 6.47. The molecule has 0 saturated carbocycles. The van der Waals surface area contributed by atoms with Crippen molar-refractivity contribution in [3.63, 3.8) is 0 Å². The number of aliphatic hydroxyl groups excluding tert-OH is 1. The summed E-state index contributed by atoms with van der Waals surface area (Å²) in [6.07, 6.45) is 0. The third kappa shape index (κ3) is 3.40. The first-order chi connectivity index (χ1) is 13.5. The minimum absolute atomic E-state index is 0.179. The average Bonchev–Trinajstić information content (AvgIpc) is 3.27. The number of aryl methyl sites for hydroxylation is 1. The fraction of sp³-hybridized carbons (Fsp3) is 0.136. The summed E-state index contributed by atoms with van der Waals surface area (Å²) < 4.78 is 0. The van der Waals surface area contributed by atoms with Gasteiger partial charge in [-0.1, -0.05) is 42.0 Å². The van der Waals surface area contributed by atoms with Crippen LogP contribution in [-0.2, 0) is 6.54 Å². The molecule has 0 saturated heterocycles. The second kappa shape index (κ2) is 7.29. The molecule has 0 amide bonds. The van der Waals surface area contributed by atoms with E-state index in [2.05, 4.69) is 17.1 Å². The van der Waals surface area contributed by atoms with Gasteiger partial charge in [0, 0.05) is 17.5 Å². The van der Waals surface area contributed by atoms with E-state index in [1.807, 2.05) is 47.5 Å². The number of nitrogens with one attached hydrogen (secondary N) is 1. The van der Waals surface area contributed by atoms with Crippen LogP contribution in [-0.4, -0.2) is 27.4 Å². The highest BCUT2D eigenvalue weighted by Gasteiger charge is 2.30. The SMILES string of the molecule is Cc1cccc(CN2CC(O)=C(c3nc(-c4ccc(C#N)cc4)cs3)C2=N)c1. The van der Waals surface area contributed by atoms with Gasteiger partial charge >= 0.3 is 0 Å². The molecule has 0 bridgehead atoms. The van der Waals surface area contributed by atoms with E-state index in [0.29, 0.717) is 35.1 Å². The van der Waals surface area contributed by atoms with Gasteiger partial charge in [0.25, 0.3) is 0 Å². The Morgan fingerprint density at radius 2 is 2.04 bits per heavy atom. The van der Waals surface area contributed by atoms with Gasteiger partial charge in [0.1, 0.15) is 16.6 Å². The maximum Gasteiger partial charge on any atom is 0.135 e. The molecule has 4 rings (SSSR count). The van der Waals surface area contributed by atoms with Crippen molar-refractivity contribution >= 4 is 22.7 Å². The second-order valence-corrected chi connectivity index (χ2v) is 7.60. The zero-order chi connectivity index (χ0) is 19.7. The lowest BCUT2D eigenvalue weighted by atomic mass is 10.1. The number of amidine groups is 1. The molecule has 1 aromatic heterocycles. The third-order valence-corrected chi connectivity index (χ3v) is 5.53. The first-order valence-corrected chi connectivity index (χ1v) is 9.71. The molecule has 2 aromatic carbocycles. The first-order valence-electron chi connectivity index (χ1n) is 8.83. The Bertz CT molecular complexity index is 1120. The maximum absolute atomic E-state index is 10.5. The molecule has 5 nitrogen and oxygen atoms in total. The summed E-state index contributed by atoms with van der Waals surface area (Å²) in [7, 11) is 0. The predicted molar refractivity (Wildman–Crippen MR) is 111 cm³/mol. The van der Waals surface area contributed by atoms with Gasteiger partial charge in [-0.05, 0) is 24.6 Å². The number of aliphatic hydroxyl groups is 1. The van der Waals surface area contributed by atoms with Crippen molar-refractivity contribution < 1.29 is 5.11 Å². The number of aromatic nitrogens is 1. The average molecular weight is 386 g/mol. The molecule has 6 heteroatoms. The third-order valence-electron chi connectivity index (χ3n) is 4.67. The maximum atomic E-state index is 10.5. The number of benzene rings is 2. The number of hydrogen-bond acceptors (Lipinski definition) is 5. The highest BCUT2D eigenvalue weighted by molar-refractivity contribution is 7.11. The number of rotatable bonds is 4. The minimum Gasteiger partial charge on any atom is -0.510 e. The van der Waals surface area contributed by atoms with Crippen LogP contribution >= 0.6 is 11.3 Å². The van der Waals surface area contributed by atoms with Crippen LogP contribution in [0, 0.1) is 23.7 Å². The molecule has 2 heterocycles. The van der Waals surface area contributed by atoms with Crippen LogP contribution in [0.15, 0.2) is 59.7 Å². The van der Waals surface area contributed by atoms with E-state index < -0.39 is 0 Å². The van der Waals surface area contributed by atoms with Crippen molar-refractivity contribution in [2.45, 2.75) is 13.5 Å². The van der Waals surface area contributed by atoms with E-state index in [1.165, 1.54) is 16.9 Å². The van der Waals surface area contributed by atoms with Gasteiger partial charge in [-0.2, -0.15) is 5.26 Å². The first kappa shape index (κ1) is 18.0. The number of thiazole rings is 1. The Morgan fingerprint density at radius 1 is 1.25 bits per heavy atom. The highest BCUT2D eigenvalue weighted by atomic mass is 32.1. The van der Waals surface area contributed by atoms with E-state index >= 15 is 0 Å². The van der Waals surface area contributed by atoms with E-state index in [0.717, 1.165) is 16.8 Å². The predicted octanol–water partition coefficient (Wildman–Crippen LogP) is 4.75. The quantitative estimate of drug-likeness (QED) is 0.677.